The predicted molar refractivity (Wildman–Crippen MR) is 120 cm³/mol. The highest BCUT2D eigenvalue weighted by Gasteiger charge is 2.27. The van der Waals surface area contributed by atoms with Crippen molar-refractivity contribution in [3.05, 3.63) is 107 Å². The molecule has 0 spiro atoms. The standard InChI is InChI=1S/C26H22N2O3/c1-28(2)23-15-13-19(14-16-23)17-22(18-27)26(30)31-25(21-11-7-4-8-12-21)24(29)20-9-5-3-6-10-20/h3-17,25H,1-2H3/b22-17+. The second kappa shape index (κ2) is 10.0. The molecule has 3 rings (SSSR count). The van der Waals surface area contributed by atoms with Gasteiger partial charge in [-0.3, -0.25) is 4.79 Å². The summed E-state index contributed by atoms with van der Waals surface area (Å²) in [5, 5.41) is 9.53. The van der Waals surface area contributed by atoms with E-state index in [2.05, 4.69) is 0 Å². The number of ether oxygens (including phenoxy) is 1. The molecule has 1 unspecified atom stereocenters. The number of ketones is 1. The van der Waals surface area contributed by atoms with Crippen LogP contribution in [-0.2, 0) is 9.53 Å². The normalized spacial score (nSPS) is 11.8. The third-order valence-electron chi connectivity index (χ3n) is 4.68. The van der Waals surface area contributed by atoms with Gasteiger partial charge in [-0.25, -0.2) is 4.79 Å². The third kappa shape index (κ3) is 5.46. The molecule has 31 heavy (non-hydrogen) atoms. The SMILES string of the molecule is CN(C)c1ccc(/C=C(\C#N)C(=O)OC(C(=O)c2ccccc2)c2ccccc2)cc1. The average molecular weight is 410 g/mol. The number of nitrogens with zero attached hydrogens (tertiary/aromatic N) is 2. The fourth-order valence-corrected chi connectivity index (χ4v) is 3.00. The molecule has 154 valence electrons. The van der Waals surface area contributed by atoms with Crippen molar-refractivity contribution in [3.8, 4) is 6.07 Å². The van der Waals surface area contributed by atoms with Gasteiger partial charge in [0.1, 0.15) is 11.6 Å². The first-order chi connectivity index (χ1) is 15.0. The molecule has 0 N–H and O–H groups in total. The van der Waals surface area contributed by atoms with E-state index in [1.807, 2.05) is 55.4 Å². The highest BCUT2D eigenvalue weighted by Crippen LogP contribution is 2.24. The molecule has 0 aliphatic heterocycles. The van der Waals surface area contributed by atoms with E-state index < -0.39 is 12.1 Å². The van der Waals surface area contributed by atoms with Gasteiger partial charge < -0.3 is 9.64 Å². The fraction of sp³-hybridized carbons (Fsp3) is 0.115. The molecule has 5 nitrogen and oxygen atoms in total. The number of rotatable bonds is 7. The third-order valence-corrected chi connectivity index (χ3v) is 4.68. The zero-order valence-corrected chi connectivity index (χ0v) is 17.4. The largest absolute Gasteiger partial charge is 0.445 e. The van der Waals surface area contributed by atoms with E-state index >= 15 is 0 Å². The lowest BCUT2D eigenvalue weighted by Gasteiger charge is -2.17. The molecule has 0 amide bonds. The fourth-order valence-electron chi connectivity index (χ4n) is 3.00. The van der Waals surface area contributed by atoms with E-state index in [1.54, 1.807) is 54.6 Å². The summed E-state index contributed by atoms with van der Waals surface area (Å²) in [6.45, 7) is 0. The minimum absolute atomic E-state index is 0.181. The van der Waals surface area contributed by atoms with Crippen LogP contribution in [0.1, 0.15) is 27.6 Å². The Hall–Kier alpha value is -4.17. The van der Waals surface area contributed by atoms with Crippen molar-refractivity contribution in [1.29, 1.82) is 5.26 Å². The van der Waals surface area contributed by atoms with Crippen molar-refractivity contribution in [3.63, 3.8) is 0 Å². The number of anilines is 1. The summed E-state index contributed by atoms with van der Waals surface area (Å²) in [5.74, 6) is -1.20. The van der Waals surface area contributed by atoms with Crippen molar-refractivity contribution in [1.82, 2.24) is 0 Å². The van der Waals surface area contributed by atoms with E-state index in [9.17, 15) is 14.9 Å². The van der Waals surface area contributed by atoms with Crippen LogP contribution in [0.2, 0.25) is 0 Å². The van der Waals surface area contributed by atoms with E-state index in [0.29, 0.717) is 16.7 Å². The van der Waals surface area contributed by atoms with Crippen LogP contribution in [0.25, 0.3) is 6.08 Å². The summed E-state index contributed by atoms with van der Waals surface area (Å²) < 4.78 is 5.55. The van der Waals surface area contributed by atoms with Gasteiger partial charge in [0.2, 0.25) is 5.78 Å². The number of benzene rings is 3. The van der Waals surface area contributed by atoms with Crippen molar-refractivity contribution in [2.45, 2.75) is 6.10 Å². The number of carbonyl (C=O) groups is 2. The van der Waals surface area contributed by atoms with Crippen LogP contribution in [0, 0.1) is 11.3 Å². The second-order valence-corrected chi connectivity index (χ2v) is 7.08. The lowest BCUT2D eigenvalue weighted by atomic mass is 9.99. The minimum Gasteiger partial charge on any atom is -0.445 e. The summed E-state index contributed by atoms with van der Waals surface area (Å²) in [7, 11) is 3.85. The first-order valence-electron chi connectivity index (χ1n) is 9.74. The number of hydrogen-bond donors (Lipinski definition) is 0. The molecule has 0 aliphatic carbocycles. The Morgan fingerprint density at radius 3 is 2.03 bits per heavy atom. The van der Waals surface area contributed by atoms with Crippen LogP contribution in [0.15, 0.2) is 90.5 Å². The van der Waals surface area contributed by atoms with Crippen LogP contribution in [0.4, 0.5) is 5.69 Å². The van der Waals surface area contributed by atoms with Crippen LogP contribution < -0.4 is 4.90 Å². The topological polar surface area (TPSA) is 70.4 Å². The van der Waals surface area contributed by atoms with E-state index in [4.69, 9.17) is 4.74 Å². The zero-order chi connectivity index (χ0) is 22.2. The van der Waals surface area contributed by atoms with Gasteiger partial charge in [0.05, 0.1) is 0 Å². The molecule has 0 bridgehead atoms. The van der Waals surface area contributed by atoms with Crippen LogP contribution in [0.5, 0.6) is 0 Å². The van der Waals surface area contributed by atoms with Crippen molar-refractivity contribution in [2.24, 2.45) is 0 Å². The maximum Gasteiger partial charge on any atom is 0.349 e. The van der Waals surface area contributed by atoms with Gasteiger partial charge in [-0.2, -0.15) is 5.26 Å². The van der Waals surface area contributed by atoms with Crippen LogP contribution in [-0.4, -0.2) is 25.8 Å². The molecule has 1 atom stereocenters. The summed E-state index contributed by atoms with van der Waals surface area (Å²) >= 11 is 0. The Bertz CT molecular complexity index is 1110. The van der Waals surface area contributed by atoms with Crippen molar-refractivity contribution >= 4 is 23.5 Å². The number of Topliss-reactive ketones (excluding diaryl/α,β-unsaturated/α-hetero) is 1. The van der Waals surface area contributed by atoms with Crippen molar-refractivity contribution in [2.75, 3.05) is 19.0 Å². The van der Waals surface area contributed by atoms with Gasteiger partial charge in [-0.05, 0) is 23.8 Å². The molecule has 3 aromatic carbocycles. The quantitative estimate of drug-likeness (QED) is 0.242. The Morgan fingerprint density at radius 2 is 1.48 bits per heavy atom. The molecule has 0 radical (unpaired) electrons. The average Bonchev–Trinajstić information content (AvgIpc) is 2.81. The van der Waals surface area contributed by atoms with Gasteiger partial charge in [0.15, 0.2) is 6.10 Å². The highest BCUT2D eigenvalue weighted by atomic mass is 16.5. The smallest absolute Gasteiger partial charge is 0.349 e. The van der Waals surface area contributed by atoms with Gasteiger partial charge in [0.25, 0.3) is 0 Å². The molecule has 0 fully saturated rings. The molecular weight excluding hydrogens is 388 g/mol. The lowest BCUT2D eigenvalue weighted by Crippen LogP contribution is -2.21. The molecule has 0 saturated carbocycles. The predicted octanol–water partition coefficient (Wildman–Crippen LogP) is 4.83. The van der Waals surface area contributed by atoms with Gasteiger partial charge >= 0.3 is 5.97 Å². The lowest BCUT2D eigenvalue weighted by molar-refractivity contribution is -0.142. The maximum atomic E-state index is 13.1. The van der Waals surface area contributed by atoms with Gasteiger partial charge in [-0.15, -0.1) is 0 Å². The minimum atomic E-state index is -1.15. The molecule has 5 heteroatoms. The van der Waals surface area contributed by atoms with Crippen LogP contribution >= 0.6 is 0 Å². The Morgan fingerprint density at radius 1 is 0.903 bits per heavy atom. The number of nitriles is 1. The van der Waals surface area contributed by atoms with Crippen LogP contribution in [0.3, 0.4) is 0 Å². The van der Waals surface area contributed by atoms with Crippen molar-refractivity contribution < 1.29 is 14.3 Å². The van der Waals surface area contributed by atoms with E-state index in [0.717, 1.165) is 5.69 Å². The first kappa shape index (κ1) is 21.5. The van der Waals surface area contributed by atoms with E-state index in [-0.39, 0.29) is 11.4 Å². The second-order valence-electron chi connectivity index (χ2n) is 7.08. The molecule has 0 heterocycles. The summed E-state index contributed by atoms with van der Waals surface area (Å²) in [4.78, 5) is 27.8. The summed E-state index contributed by atoms with van der Waals surface area (Å²) in [6.07, 6.45) is 0.306. The molecule has 0 aromatic heterocycles. The Kier molecular flexibility index (Phi) is 6.97. The maximum absolute atomic E-state index is 13.1. The monoisotopic (exact) mass is 410 g/mol. The zero-order valence-electron chi connectivity index (χ0n) is 17.4. The van der Waals surface area contributed by atoms with Gasteiger partial charge in [-0.1, -0.05) is 72.8 Å². The first-order valence-corrected chi connectivity index (χ1v) is 9.74. The molecular formula is C26H22N2O3. The molecule has 3 aromatic rings. The summed E-state index contributed by atoms with van der Waals surface area (Å²) in [5.41, 5.74) is 2.46. The molecule has 0 saturated heterocycles. The Labute approximate surface area is 181 Å². The number of hydrogen-bond acceptors (Lipinski definition) is 5. The van der Waals surface area contributed by atoms with Gasteiger partial charge in [0, 0.05) is 30.9 Å². The number of esters is 1. The Balaban J connectivity index is 1.88. The summed E-state index contributed by atoms with van der Waals surface area (Å²) in [6, 6.07) is 26.7. The number of carbonyl (C=O) groups excluding carboxylic acids is 2. The molecule has 0 aliphatic rings. The van der Waals surface area contributed by atoms with E-state index in [1.165, 1.54) is 6.08 Å². The highest BCUT2D eigenvalue weighted by molar-refractivity contribution is 6.04.